The lowest BCUT2D eigenvalue weighted by Gasteiger charge is -2.33. The van der Waals surface area contributed by atoms with Crippen LogP contribution in [0, 0.1) is 20.8 Å². The maximum absolute atomic E-state index is 2.64. The van der Waals surface area contributed by atoms with Crippen LogP contribution in [0.1, 0.15) is 132 Å². The summed E-state index contributed by atoms with van der Waals surface area (Å²) in [5, 5.41) is 2.49. The highest BCUT2D eigenvalue weighted by molar-refractivity contribution is 6.10. The standard InChI is InChI=1S/C80H81N3/c1-6-8-10-12-14-24-52-80(53-25-15-13-11-9-7-2)76-54-59(4)34-50-71(76)75-55-60(5)74(57-77(75)80)62-37-44-68(45-38-62)82(66-40-32-58(3)33-41-66)67-42-35-61(36-43-67)63-39-51-73-72-30-22-23-31-78(72)83(79(73)56-63)70-48-46-69(47-49-70)81(64-26-18-16-19-27-64)65-28-20-17-21-29-65/h16-23,26-51,54-57H,6-15,24-25,52-53H2,1-5H3. The van der Waals surface area contributed by atoms with Gasteiger partial charge in [0.05, 0.1) is 11.0 Å². The number of unbranched alkanes of at least 4 members (excludes halogenated alkanes) is 10. The quantitative estimate of drug-likeness (QED) is 0.0592. The molecule has 1 heterocycles. The molecule has 1 aliphatic carbocycles. The molecule has 0 unspecified atom stereocenters. The van der Waals surface area contributed by atoms with Gasteiger partial charge in [-0.3, -0.25) is 0 Å². The molecule has 12 rings (SSSR count). The zero-order chi connectivity index (χ0) is 56.7. The molecule has 83 heavy (non-hydrogen) atoms. The van der Waals surface area contributed by atoms with E-state index in [2.05, 4.69) is 280 Å². The number of fused-ring (bicyclic) bond motifs is 6. The van der Waals surface area contributed by atoms with Gasteiger partial charge in [-0.05, 0) is 187 Å². The lowest BCUT2D eigenvalue weighted by molar-refractivity contribution is 0.398. The predicted octanol–water partition coefficient (Wildman–Crippen LogP) is 23.8. The average Bonchev–Trinajstić information content (AvgIpc) is 2.35. The highest BCUT2D eigenvalue weighted by Crippen LogP contribution is 2.56. The van der Waals surface area contributed by atoms with Crippen molar-refractivity contribution in [2.45, 2.75) is 130 Å². The van der Waals surface area contributed by atoms with Crippen molar-refractivity contribution in [3.05, 3.63) is 258 Å². The van der Waals surface area contributed by atoms with E-state index in [1.807, 2.05) is 0 Å². The van der Waals surface area contributed by atoms with Gasteiger partial charge in [0, 0.05) is 56.0 Å². The summed E-state index contributed by atoms with van der Waals surface area (Å²) in [4.78, 5) is 4.73. The Balaban J connectivity index is 0.863. The van der Waals surface area contributed by atoms with E-state index in [0.29, 0.717) is 0 Å². The summed E-state index contributed by atoms with van der Waals surface area (Å²) in [7, 11) is 0. The van der Waals surface area contributed by atoms with E-state index in [4.69, 9.17) is 0 Å². The molecule has 0 N–H and O–H groups in total. The minimum absolute atomic E-state index is 0.0361. The molecule has 11 aromatic rings. The Bertz CT molecular complexity index is 3890. The zero-order valence-electron chi connectivity index (χ0n) is 49.7. The lowest BCUT2D eigenvalue weighted by atomic mass is 9.70. The zero-order valence-corrected chi connectivity index (χ0v) is 49.7. The highest BCUT2D eigenvalue weighted by atomic mass is 15.1. The number of aromatic nitrogens is 1. The van der Waals surface area contributed by atoms with Gasteiger partial charge in [-0.15, -0.1) is 0 Å². The maximum atomic E-state index is 2.64. The lowest BCUT2D eigenvalue weighted by Crippen LogP contribution is -2.26. The first-order chi connectivity index (χ1) is 40.8. The Morgan fingerprint density at radius 3 is 1.37 bits per heavy atom. The van der Waals surface area contributed by atoms with Crippen molar-refractivity contribution >= 4 is 55.9 Å². The van der Waals surface area contributed by atoms with Crippen LogP contribution >= 0.6 is 0 Å². The van der Waals surface area contributed by atoms with E-state index in [1.165, 1.54) is 162 Å². The molecular weight excluding hydrogens is 1000 g/mol. The first-order valence-corrected chi connectivity index (χ1v) is 31.2. The van der Waals surface area contributed by atoms with Gasteiger partial charge in [-0.1, -0.05) is 229 Å². The second-order valence-electron chi connectivity index (χ2n) is 23.8. The second kappa shape index (κ2) is 25.0. The first kappa shape index (κ1) is 55.2. The molecule has 0 aliphatic heterocycles. The molecule has 0 atom stereocenters. The van der Waals surface area contributed by atoms with Gasteiger partial charge in [0.1, 0.15) is 0 Å². The third-order valence-electron chi connectivity index (χ3n) is 18.0. The molecule has 0 amide bonds. The van der Waals surface area contributed by atoms with Crippen LogP contribution in [0.15, 0.2) is 231 Å². The van der Waals surface area contributed by atoms with E-state index >= 15 is 0 Å². The molecule has 0 radical (unpaired) electrons. The number of hydrogen-bond donors (Lipinski definition) is 0. The van der Waals surface area contributed by atoms with E-state index in [-0.39, 0.29) is 5.41 Å². The molecule has 0 spiro atoms. The van der Waals surface area contributed by atoms with Crippen molar-refractivity contribution in [3.63, 3.8) is 0 Å². The number of benzene rings is 10. The van der Waals surface area contributed by atoms with Gasteiger partial charge in [0.2, 0.25) is 0 Å². The molecule has 0 bridgehead atoms. The molecule has 1 aromatic heterocycles. The van der Waals surface area contributed by atoms with Crippen LogP contribution in [0.2, 0.25) is 0 Å². The predicted molar refractivity (Wildman–Crippen MR) is 357 cm³/mol. The Labute approximate surface area is 494 Å². The molecule has 0 saturated carbocycles. The van der Waals surface area contributed by atoms with Crippen LogP contribution in [0.4, 0.5) is 34.1 Å². The van der Waals surface area contributed by atoms with Crippen LogP contribution in [-0.4, -0.2) is 4.57 Å². The molecule has 0 fully saturated rings. The fourth-order valence-corrected chi connectivity index (χ4v) is 13.7. The van der Waals surface area contributed by atoms with Crippen LogP contribution in [-0.2, 0) is 5.41 Å². The van der Waals surface area contributed by atoms with E-state index < -0.39 is 0 Å². The number of nitrogens with zero attached hydrogens (tertiary/aromatic N) is 3. The summed E-state index contributed by atoms with van der Waals surface area (Å²) in [5.41, 5.74) is 25.3. The summed E-state index contributed by atoms with van der Waals surface area (Å²) in [6.07, 6.45) is 18.3. The van der Waals surface area contributed by atoms with Crippen molar-refractivity contribution in [1.29, 1.82) is 0 Å². The normalized spacial score (nSPS) is 12.4. The summed E-state index contributed by atoms with van der Waals surface area (Å²) < 4.78 is 2.43. The molecule has 3 nitrogen and oxygen atoms in total. The van der Waals surface area contributed by atoms with Gasteiger partial charge in [-0.25, -0.2) is 0 Å². The molecule has 416 valence electrons. The molecule has 0 saturated heterocycles. The first-order valence-electron chi connectivity index (χ1n) is 31.2. The second-order valence-corrected chi connectivity index (χ2v) is 23.8. The van der Waals surface area contributed by atoms with Crippen molar-refractivity contribution in [2.75, 3.05) is 9.80 Å². The number of anilines is 6. The van der Waals surface area contributed by atoms with Gasteiger partial charge in [0.25, 0.3) is 0 Å². The van der Waals surface area contributed by atoms with Crippen LogP contribution < -0.4 is 9.80 Å². The Morgan fingerprint density at radius 2 is 0.783 bits per heavy atom. The number of hydrogen-bond acceptors (Lipinski definition) is 2. The summed E-state index contributed by atoms with van der Waals surface area (Å²) in [5.74, 6) is 0. The fraction of sp³-hybridized carbons (Fsp3) is 0.250. The van der Waals surface area contributed by atoms with Gasteiger partial charge in [0.15, 0.2) is 0 Å². The van der Waals surface area contributed by atoms with E-state index in [0.717, 1.165) is 39.8 Å². The number of para-hydroxylation sites is 3. The van der Waals surface area contributed by atoms with Gasteiger partial charge in [-0.2, -0.15) is 0 Å². The van der Waals surface area contributed by atoms with Crippen LogP contribution in [0.3, 0.4) is 0 Å². The molecule has 3 heteroatoms. The van der Waals surface area contributed by atoms with Crippen molar-refractivity contribution in [3.8, 4) is 39.1 Å². The van der Waals surface area contributed by atoms with Crippen molar-refractivity contribution in [2.24, 2.45) is 0 Å². The third kappa shape index (κ3) is 11.3. The van der Waals surface area contributed by atoms with E-state index in [9.17, 15) is 0 Å². The Hall–Kier alpha value is -8.40. The topological polar surface area (TPSA) is 11.4 Å². The third-order valence-corrected chi connectivity index (χ3v) is 18.0. The van der Waals surface area contributed by atoms with Crippen molar-refractivity contribution in [1.82, 2.24) is 4.57 Å². The Morgan fingerprint density at radius 1 is 0.325 bits per heavy atom. The minimum atomic E-state index is 0.0361. The van der Waals surface area contributed by atoms with E-state index in [1.54, 1.807) is 11.1 Å². The minimum Gasteiger partial charge on any atom is -0.311 e. The fourth-order valence-electron chi connectivity index (χ4n) is 13.7. The molecule has 1 aliphatic rings. The average molecular weight is 1080 g/mol. The summed E-state index contributed by atoms with van der Waals surface area (Å²) in [6.45, 7) is 11.4. The van der Waals surface area contributed by atoms with Crippen molar-refractivity contribution < 1.29 is 0 Å². The Kier molecular flexibility index (Phi) is 16.6. The van der Waals surface area contributed by atoms with Gasteiger partial charge >= 0.3 is 0 Å². The highest BCUT2D eigenvalue weighted by Gasteiger charge is 2.43. The monoisotopic (exact) mass is 1080 g/mol. The smallest absolute Gasteiger partial charge is 0.0547 e. The largest absolute Gasteiger partial charge is 0.311 e. The maximum Gasteiger partial charge on any atom is 0.0547 e. The van der Waals surface area contributed by atoms with Crippen LogP contribution in [0.5, 0.6) is 0 Å². The van der Waals surface area contributed by atoms with Gasteiger partial charge < -0.3 is 14.4 Å². The number of rotatable bonds is 23. The molecule has 10 aromatic carbocycles. The SMILES string of the molecule is CCCCCCCCC1(CCCCCCCC)c2cc(C)ccc2-c2cc(C)c(-c3ccc(N(c4ccc(C)cc4)c4ccc(-c5ccc6c7ccccc7n(-c7ccc(N(c8ccccc8)c8ccccc8)cc7)c6c5)cc4)cc3)cc21. The summed E-state index contributed by atoms with van der Waals surface area (Å²) >= 11 is 0. The molecular formula is C80H81N3. The number of aryl methyl sites for hydroxylation is 3. The van der Waals surface area contributed by atoms with Crippen LogP contribution in [0.25, 0.3) is 60.9 Å². The summed E-state index contributed by atoms with van der Waals surface area (Å²) in [6, 6.07) is 86.2.